The van der Waals surface area contributed by atoms with E-state index in [0.29, 0.717) is 12.1 Å². The van der Waals surface area contributed by atoms with E-state index >= 15 is 13.2 Å². The van der Waals surface area contributed by atoms with Gasteiger partial charge in [0.25, 0.3) is 0 Å². The summed E-state index contributed by atoms with van der Waals surface area (Å²) in [5, 5.41) is 19.8. The summed E-state index contributed by atoms with van der Waals surface area (Å²) in [6.45, 7) is 1.91. The molecule has 0 spiro atoms. The Balaban J connectivity index is 1.15. The molecule has 3 heterocycles. The lowest BCUT2D eigenvalue weighted by molar-refractivity contribution is -0.274. The van der Waals surface area contributed by atoms with Gasteiger partial charge in [-0.1, -0.05) is 73.4 Å². The van der Waals surface area contributed by atoms with Gasteiger partial charge < -0.3 is 29.7 Å². The quantitative estimate of drug-likeness (QED) is 0.0684. The Labute approximate surface area is 424 Å². The van der Waals surface area contributed by atoms with Crippen LogP contribution in [0.4, 0.5) is 43.9 Å². The number of nitrogens with zero attached hydrogens (tertiary/aromatic N) is 3. The van der Waals surface area contributed by atoms with Gasteiger partial charge >= 0.3 is 41.8 Å². The number of aromatic amines is 2. The smallest absolute Gasteiger partial charge is 0.434 e. The zero-order chi connectivity index (χ0) is 55.1. The number of ether oxygens (including phenoxy) is 2. The van der Waals surface area contributed by atoms with Crippen LogP contribution < -0.4 is 16.1 Å². The molecule has 0 aliphatic carbocycles. The molecule has 25 heteroatoms. The van der Waals surface area contributed by atoms with Crippen molar-refractivity contribution in [3.8, 4) is 22.8 Å². The number of imidazole rings is 2. The number of alkyl halides is 9. The molecular formula is C50H35Cl2F10N5O8. The van der Waals surface area contributed by atoms with Gasteiger partial charge in [-0.15, -0.1) is 0 Å². The molecule has 75 heavy (non-hydrogen) atoms. The van der Waals surface area contributed by atoms with Crippen LogP contribution in [-0.4, -0.2) is 58.6 Å². The number of esters is 1. The topological polar surface area (TPSA) is 182 Å². The Kier molecular flexibility index (Phi) is 13.5. The van der Waals surface area contributed by atoms with Crippen molar-refractivity contribution in [1.82, 2.24) is 24.1 Å². The van der Waals surface area contributed by atoms with Crippen molar-refractivity contribution >= 4 is 57.2 Å². The van der Waals surface area contributed by atoms with Gasteiger partial charge in [0.05, 0.1) is 33.2 Å². The predicted molar refractivity (Wildman–Crippen MR) is 252 cm³/mol. The number of aryl methyl sites for hydroxylation is 2. The third-order valence-electron chi connectivity index (χ3n) is 13.0. The number of aliphatic hydroxyl groups is 1. The summed E-state index contributed by atoms with van der Waals surface area (Å²) in [5.74, 6) is -10.4. The zero-order valence-corrected chi connectivity index (χ0v) is 40.2. The summed E-state index contributed by atoms with van der Waals surface area (Å²) in [7, 11) is 2.73. The molecule has 0 fully saturated rings. The van der Waals surface area contributed by atoms with Crippen molar-refractivity contribution in [2.75, 3.05) is 0 Å². The van der Waals surface area contributed by atoms with Crippen LogP contribution in [0.15, 0.2) is 113 Å². The van der Waals surface area contributed by atoms with Crippen LogP contribution in [0.25, 0.3) is 33.2 Å². The maximum absolute atomic E-state index is 16.1. The highest BCUT2D eigenvalue weighted by molar-refractivity contribution is 6.32. The van der Waals surface area contributed by atoms with E-state index in [9.17, 15) is 60.1 Å². The highest BCUT2D eigenvalue weighted by Gasteiger charge is 2.64. The second-order valence-electron chi connectivity index (χ2n) is 17.3. The molecule has 0 saturated carbocycles. The summed E-state index contributed by atoms with van der Waals surface area (Å²) in [6.07, 6.45) is -16.7. The molecule has 4 N–H and O–H groups in total. The first-order valence-corrected chi connectivity index (χ1v) is 22.5. The number of hydrogen-bond acceptors (Lipinski definition) is 8. The van der Waals surface area contributed by atoms with Gasteiger partial charge in [-0.2, -0.15) is 39.5 Å². The number of pyridine rings is 1. The van der Waals surface area contributed by atoms with Crippen LogP contribution in [0.1, 0.15) is 74.3 Å². The van der Waals surface area contributed by atoms with E-state index in [1.54, 1.807) is 0 Å². The summed E-state index contributed by atoms with van der Waals surface area (Å²) in [4.78, 5) is 58.1. The number of hydrogen-bond donors (Lipinski definition) is 4. The number of halogens is 12. The number of rotatable bonds is 12. The van der Waals surface area contributed by atoms with E-state index in [0.717, 1.165) is 91.2 Å². The number of carbonyl (C=O) groups excluding carboxylic acids is 1. The number of fused-ring (bicyclic) bond motifs is 2. The van der Waals surface area contributed by atoms with E-state index < -0.39 is 126 Å². The summed E-state index contributed by atoms with van der Waals surface area (Å²) in [5.41, 5.74) is -15.4. The Morgan fingerprint density at radius 3 is 1.87 bits per heavy atom. The van der Waals surface area contributed by atoms with Gasteiger partial charge in [-0.05, 0) is 88.5 Å². The zero-order valence-electron chi connectivity index (χ0n) is 38.7. The molecule has 8 aromatic rings. The normalized spacial score (nSPS) is 14.8. The predicted octanol–water partition coefficient (Wildman–Crippen LogP) is 12.0. The van der Waals surface area contributed by atoms with E-state index in [1.807, 2.05) is 0 Å². The number of carboxylic acid groups (broad SMARTS) is 1. The van der Waals surface area contributed by atoms with Crippen LogP contribution >= 0.6 is 23.2 Å². The number of aromatic carboxylic acids is 1. The first kappa shape index (κ1) is 53.7. The highest BCUT2D eigenvalue weighted by atomic mass is 35.5. The van der Waals surface area contributed by atoms with Crippen molar-refractivity contribution in [3.05, 3.63) is 179 Å². The van der Waals surface area contributed by atoms with Gasteiger partial charge in [0.15, 0.2) is 11.3 Å². The Bertz CT molecular complexity index is 3740. The SMILES string of the molecule is CC(c1ccc(Oc2ccc(C(=O)OC(c3ccc4[nH]c(=O)[nH]c4c3)(C(C)c3ccc(-c4ccc(C(=O)O)c(F)c4)cc3Cl)C(F)(F)F)c(C(F)(F)F)n2)cc1Cl)C(O)(c1ccc2c(c1)n(C)c(=O)n2C)C(F)(F)F. The number of nitrogens with one attached hydrogen (secondary N) is 2. The number of H-pyrrole nitrogens is 2. The number of aromatic nitrogens is 5. The van der Waals surface area contributed by atoms with Crippen LogP contribution in [0, 0.1) is 5.82 Å². The first-order chi connectivity index (χ1) is 34.9. The summed E-state index contributed by atoms with van der Waals surface area (Å²) < 4.78 is 166. The van der Waals surface area contributed by atoms with Crippen molar-refractivity contribution in [2.24, 2.45) is 14.1 Å². The molecule has 4 atom stereocenters. The monoisotopic (exact) mass is 1090 g/mol. The van der Waals surface area contributed by atoms with E-state index in [1.165, 1.54) is 36.9 Å². The average molecular weight is 1090 g/mol. The van der Waals surface area contributed by atoms with Crippen molar-refractivity contribution in [3.63, 3.8) is 0 Å². The minimum atomic E-state index is -5.72. The third kappa shape index (κ3) is 9.36. The maximum atomic E-state index is 16.1. The van der Waals surface area contributed by atoms with Crippen LogP contribution in [0.2, 0.25) is 10.0 Å². The fourth-order valence-corrected chi connectivity index (χ4v) is 9.70. The van der Waals surface area contributed by atoms with Gasteiger partial charge in [-0.25, -0.2) is 28.6 Å². The molecule has 0 bridgehead atoms. The molecular weight excluding hydrogens is 1060 g/mol. The molecule has 4 unspecified atom stereocenters. The van der Waals surface area contributed by atoms with Gasteiger partial charge in [0, 0.05) is 47.6 Å². The molecule has 5 aromatic carbocycles. The van der Waals surface area contributed by atoms with Gasteiger partial charge in [0.1, 0.15) is 11.6 Å². The standard InChI is InChI=1S/C50H35Cl2F10N5O8/c1-22(46(73,49(57,58)59)26-8-15-38-39(20-26)67(4)45(72)66(38)3)29-12-9-28(21-34(29)52)74-40-16-13-32(41(65-40)48(54,55)56)43(70)75-47(50(60,61)62,27-7-14-36-37(19-27)64-44(71)63-36)23(2)30-10-5-24(17-33(30)51)25-6-11-31(42(68)69)35(53)18-25/h5-23,73H,1-4H3,(H,68,69)(H2,63,64,71). The largest absolute Gasteiger partial charge is 0.478 e. The molecule has 0 radical (unpaired) electrons. The van der Waals surface area contributed by atoms with Crippen molar-refractivity contribution < 1.29 is 73.2 Å². The molecule has 392 valence electrons. The fourth-order valence-electron chi connectivity index (χ4n) is 9.02. The van der Waals surface area contributed by atoms with E-state index in [4.69, 9.17) is 32.7 Å². The second-order valence-corrected chi connectivity index (χ2v) is 18.2. The van der Waals surface area contributed by atoms with Gasteiger partial charge in [-0.3, -0.25) is 9.13 Å². The maximum Gasteiger partial charge on any atom is 0.434 e. The minimum absolute atomic E-state index is 0.00856. The summed E-state index contributed by atoms with van der Waals surface area (Å²) >= 11 is 13.0. The summed E-state index contributed by atoms with van der Waals surface area (Å²) in [6, 6.07) is 16.1. The molecule has 0 aliphatic heterocycles. The molecule has 8 rings (SSSR count). The molecule has 0 aliphatic rings. The lowest BCUT2D eigenvalue weighted by atomic mass is 9.77. The van der Waals surface area contributed by atoms with E-state index in [2.05, 4.69) is 15.0 Å². The molecule has 13 nitrogen and oxygen atoms in total. The lowest BCUT2D eigenvalue weighted by Gasteiger charge is -2.41. The third-order valence-corrected chi connectivity index (χ3v) is 13.7. The lowest BCUT2D eigenvalue weighted by Crippen LogP contribution is -2.50. The molecule has 3 aromatic heterocycles. The molecule has 0 saturated heterocycles. The first-order valence-electron chi connectivity index (χ1n) is 21.7. The fraction of sp³-hybridized carbons (Fsp3) is 0.220. The number of carboxylic acids is 1. The van der Waals surface area contributed by atoms with E-state index in [-0.39, 0.29) is 38.8 Å². The number of carbonyl (C=O) groups is 2. The van der Waals surface area contributed by atoms with Crippen molar-refractivity contribution in [1.29, 1.82) is 0 Å². The second kappa shape index (κ2) is 18.9. The Morgan fingerprint density at radius 1 is 0.667 bits per heavy atom. The Morgan fingerprint density at radius 2 is 1.25 bits per heavy atom. The van der Waals surface area contributed by atoms with Crippen molar-refractivity contribution in [2.45, 2.75) is 55.4 Å². The van der Waals surface area contributed by atoms with Crippen LogP contribution in [-0.2, 0) is 36.2 Å². The minimum Gasteiger partial charge on any atom is -0.478 e. The molecule has 0 amide bonds. The van der Waals surface area contributed by atoms with Crippen LogP contribution in [0.5, 0.6) is 11.6 Å². The van der Waals surface area contributed by atoms with Crippen LogP contribution in [0.3, 0.4) is 0 Å². The average Bonchev–Trinajstić information content (AvgIpc) is 3.82. The highest BCUT2D eigenvalue weighted by Crippen LogP contribution is 2.55. The number of benzene rings is 5. The van der Waals surface area contributed by atoms with Gasteiger partial charge in [0.2, 0.25) is 11.5 Å². The Hall–Kier alpha value is -7.63.